The Morgan fingerprint density at radius 1 is 1.27 bits per heavy atom. The molecule has 0 aliphatic heterocycles. The van der Waals surface area contributed by atoms with Crippen LogP contribution in [0.25, 0.3) is 0 Å². The van der Waals surface area contributed by atoms with Crippen LogP contribution in [0.15, 0.2) is 0 Å². The van der Waals surface area contributed by atoms with Crippen molar-refractivity contribution in [3.05, 3.63) is 0 Å². The molecule has 0 saturated heterocycles. The highest BCUT2D eigenvalue weighted by Gasteiger charge is 2.30. The van der Waals surface area contributed by atoms with Gasteiger partial charge in [0.25, 0.3) is 0 Å². The summed E-state index contributed by atoms with van der Waals surface area (Å²) in [7, 11) is 1.25. The lowest BCUT2D eigenvalue weighted by molar-refractivity contribution is -0.155. The second-order valence-electron chi connectivity index (χ2n) is 1.89. The van der Waals surface area contributed by atoms with Gasteiger partial charge in [-0.25, -0.2) is 4.79 Å². The molecule has 0 aromatic rings. The minimum absolute atomic E-state index is 1.25. The van der Waals surface area contributed by atoms with E-state index in [2.05, 4.69) is 5.32 Å². The molecule has 0 heterocycles. The predicted molar refractivity (Wildman–Crippen MR) is 34.1 cm³/mol. The predicted octanol–water partition coefficient (Wildman–Crippen LogP) is -1.90. The molecule has 1 unspecified atom stereocenters. The van der Waals surface area contributed by atoms with Gasteiger partial charge in [0.2, 0.25) is 0 Å². The van der Waals surface area contributed by atoms with Crippen molar-refractivity contribution in [3.8, 4) is 0 Å². The fourth-order valence-electron chi connectivity index (χ4n) is 0.559. The summed E-state index contributed by atoms with van der Waals surface area (Å²) >= 11 is 0. The number of aliphatic hydroxyl groups excluding tert-OH is 1. The number of carbonyl (C=O) groups is 2. The van der Waals surface area contributed by atoms with E-state index in [0.29, 0.717) is 0 Å². The quantitative estimate of drug-likeness (QED) is 0.386. The minimum Gasteiger partial charge on any atom is -0.480 e. The molecule has 0 saturated carbocycles. The molecule has 4 N–H and O–H groups in total. The molecule has 0 bridgehead atoms. The maximum Gasteiger partial charge on any atom is 0.334 e. The largest absolute Gasteiger partial charge is 0.480 e. The SMILES string of the molecule is CN[C@H](C(=O)O)C(O)C(=O)O. The third-order valence-corrected chi connectivity index (χ3v) is 1.15. The molecule has 0 aliphatic carbocycles. The van der Waals surface area contributed by atoms with Gasteiger partial charge in [0, 0.05) is 0 Å². The van der Waals surface area contributed by atoms with Crippen molar-refractivity contribution in [2.75, 3.05) is 7.05 Å². The van der Waals surface area contributed by atoms with E-state index in [0.717, 1.165) is 0 Å². The number of nitrogens with one attached hydrogen (secondary N) is 1. The van der Waals surface area contributed by atoms with E-state index in [9.17, 15) is 9.59 Å². The number of likely N-dealkylation sites (N-methyl/N-ethyl adjacent to an activating group) is 1. The Morgan fingerprint density at radius 2 is 1.73 bits per heavy atom. The average molecular weight is 163 g/mol. The van der Waals surface area contributed by atoms with Crippen molar-refractivity contribution in [1.29, 1.82) is 0 Å². The Labute approximate surface area is 62.5 Å². The number of aliphatic hydroxyl groups is 1. The molecule has 11 heavy (non-hydrogen) atoms. The van der Waals surface area contributed by atoms with Gasteiger partial charge < -0.3 is 20.6 Å². The fourth-order valence-corrected chi connectivity index (χ4v) is 0.559. The third kappa shape index (κ3) is 2.52. The van der Waals surface area contributed by atoms with Gasteiger partial charge in [-0.15, -0.1) is 0 Å². The van der Waals surface area contributed by atoms with Gasteiger partial charge in [0.1, 0.15) is 6.04 Å². The molecule has 0 spiro atoms. The molecule has 0 fully saturated rings. The van der Waals surface area contributed by atoms with E-state index < -0.39 is 24.1 Å². The first kappa shape index (κ1) is 9.86. The first-order valence-electron chi connectivity index (χ1n) is 2.81. The molecule has 0 aromatic heterocycles. The molecule has 0 rings (SSSR count). The van der Waals surface area contributed by atoms with E-state index in [1.54, 1.807) is 0 Å². The molecule has 2 atom stereocenters. The zero-order valence-corrected chi connectivity index (χ0v) is 5.81. The van der Waals surface area contributed by atoms with E-state index in [1.807, 2.05) is 0 Å². The Bertz CT molecular complexity index is 168. The van der Waals surface area contributed by atoms with Gasteiger partial charge in [-0.1, -0.05) is 0 Å². The van der Waals surface area contributed by atoms with E-state index >= 15 is 0 Å². The first-order valence-corrected chi connectivity index (χ1v) is 2.81. The summed E-state index contributed by atoms with van der Waals surface area (Å²) in [6.45, 7) is 0. The summed E-state index contributed by atoms with van der Waals surface area (Å²) in [4.78, 5) is 20.2. The summed E-state index contributed by atoms with van der Waals surface area (Å²) in [5, 5.41) is 27.4. The van der Waals surface area contributed by atoms with Gasteiger partial charge in [0.15, 0.2) is 6.10 Å². The van der Waals surface area contributed by atoms with Gasteiger partial charge in [-0.2, -0.15) is 0 Å². The van der Waals surface area contributed by atoms with Crippen molar-refractivity contribution >= 4 is 11.9 Å². The van der Waals surface area contributed by atoms with Crippen molar-refractivity contribution in [3.63, 3.8) is 0 Å². The fraction of sp³-hybridized carbons (Fsp3) is 0.600. The topological polar surface area (TPSA) is 107 Å². The van der Waals surface area contributed by atoms with Crippen LogP contribution in [0, 0.1) is 0 Å². The van der Waals surface area contributed by atoms with E-state index in [4.69, 9.17) is 15.3 Å². The summed E-state index contributed by atoms with van der Waals surface area (Å²) in [6.07, 6.45) is -1.92. The molecule has 0 aromatic carbocycles. The Morgan fingerprint density at radius 3 is 1.82 bits per heavy atom. The molecule has 6 heteroatoms. The Balaban J connectivity index is 4.25. The van der Waals surface area contributed by atoms with Crippen LogP contribution in [-0.2, 0) is 9.59 Å². The molecule has 0 radical (unpaired) electrons. The summed E-state index contributed by atoms with van der Waals surface area (Å²) in [5.74, 6) is -2.96. The standard InChI is InChI=1S/C5H9NO5/c1-6-2(4(8)9)3(7)5(10)11/h2-3,6-7H,1H3,(H,8,9)(H,10,11)/t2-,3?/m0/s1. The van der Waals surface area contributed by atoms with E-state index in [1.165, 1.54) is 7.05 Å². The lowest BCUT2D eigenvalue weighted by atomic mass is 10.2. The van der Waals surface area contributed by atoms with Crippen molar-refractivity contribution < 1.29 is 24.9 Å². The first-order chi connectivity index (χ1) is 5.00. The lowest BCUT2D eigenvalue weighted by Gasteiger charge is -2.13. The highest BCUT2D eigenvalue weighted by molar-refractivity contribution is 5.84. The zero-order valence-electron chi connectivity index (χ0n) is 5.81. The number of aliphatic carboxylic acids is 2. The number of carboxylic acid groups (broad SMARTS) is 2. The van der Waals surface area contributed by atoms with Crippen LogP contribution >= 0.6 is 0 Å². The van der Waals surface area contributed by atoms with Gasteiger partial charge in [-0.3, -0.25) is 4.79 Å². The smallest absolute Gasteiger partial charge is 0.334 e. The Kier molecular flexibility index (Phi) is 3.49. The van der Waals surface area contributed by atoms with Crippen LogP contribution in [0.4, 0.5) is 0 Å². The number of carboxylic acids is 2. The second kappa shape index (κ2) is 3.89. The molecule has 6 nitrogen and oxygen atoms in total. The van der Waals surface area contributed by atoms with Gasteiger partial charge >= 0.3 is 11.9 Å². The molecular formula is C5H9NO5. The van der Waals surface area contributed by atoms with Gasteiger partial charge in [0.05, 0.1) is 0 Å². The zero-order chi connectivity index (χ0) is 9.02. The third-order valence-electron chi connectivity index (χ3n) is 1.15. The monoisotopic (exact) mass is 163 g/mol. The molecule has 64 valence electrons. The lowest BCUT2D eigenvalue weighted by Crippen LogP contribution is -2.48. The highest BCUT2D eigenvalue weighted by atomic mass is 16.4. The van der Waals surface area contributed by atoms with Gasteiger partial charge in [-0.05, 0) is 7.05 Å². The highest BCUT2D eigenvalue weighted by Crippen LogP contribution is 1.92. The van der Waals surface area contributed by atoms with Crippen LogP contribution in [0.2, 0.25) is 0 Å². The maximum absolute atomic E-state index is 10.2. The van der Waals surface area contributed by atoms with Crippen molar-refractivity contribution in [2.45, 2.75) is 12.1 Å². The van der Waals surface area contributed by atoms with Crippen molar-refractivity contribution in [2.24, 2.45) is 0 Å². The summed E-state index contributed by atoms with van der Waals surface area (Å²) in [5.41, 5.74) is 0. The van der Waals surface area contributed by atoms with Crippen LogP contribution in [-0.4, -0.2) is 46.5 Å². The molecular weight excluding hydrogens is 154 g/mol. The summed E-state index contributed by atoms with van der Waals surface area (Å²) < 4.78 is 0. The van der Waals surface area contributed by atoms with Crippen LogP contribution in [0.5, 0.6) is 0 Å². The van der Waals surface area contributed by atoms with Crippen molar-refractivity contribution in [1.82, 2.24) is 5.32 Å². The molecule has 0 aliphatic rings. The maximum atomic E-state index is 10.2. The molecule has 0 amide bonds. The minimum atomic E-state index is -1.92. The van der Waals surface area contributed by atoms with E-state index in [-0.39, 0.29) is 0 Å². The number of hydrogen-bond acceptors (Lipinski definition) is 4. The number of rotatable bonds is 4. The van der Waals surface area contributed by atoms with Crippen LogP contribution in [0.1, 0.15) is 0 Å². The van der Waals surface area contributed by atoms with Crippen LogP contribution in [0.3, 0.4) is 0 Å². The number of hydrogen-bond donors (Lipinski definition) is 4. The van der Waals surface area contributed by atoms with Crippen LogP contribution < -0.4 is 5.32 Å². The summed E-state index contributed by atoms with van der Waals surface area (Å²) in [6, 6.07) is -1.47. The average Bonchev–Trinajstić information content (AvgIpc) is 1.88. The second-order valence-corrected chi connectivity index (χ2v) is 1.89. The Hall–Kier alpha value is -1.14. The normalized spacial score (nSPS) is 15.5.